The highest BCUT2D eigenvalue weighted by Gasteiger charge is 2.32. The molecular weight excluding hydrogens is 382 g/mol. The predicted molar refractivity (Wildman–Crippen MR) is 109 cm³/mol. The number of sulfonamides is 1. The second-order valence-corrected chi connectivity index (χ2v) is 8.36. The lowest BCUT2D eigenvalue weighted by Gasteiger charge is -2.30. The predicted octanol–water partition coefficient (Wildman–Crippen LogP) is 3.39. The van der Waals surface area contributed by atoms with Gasteiger partial charge in [-0.2, -0.15) is 0 Å². The molecule has 0 heterocycles. The van der Waals surface area contributed by atoms with Crippen molar-refractivity contribution in [2.24, 2.45) is 0 Å². The van der Waals surface area contributed by atoms with Crippen LogP contribution in [-0.4, -0.2) is 31.5 Å². The van der Waals surface area contributed by atoms with E-state index in [4.69, 9.17) is 0 Å². The number of non-ortho nitro benzene ring substituents is 1. The van der Waals surface area contributed by atoms with Gasteiger partial charge < -0.3 is 5.32 Å². The van der Waals surface area contributed by atoms with E-state index >= 15 is 0 Å². The van der Waals surface area contributed by atoms with Crippen LogP contribution >= 0.6 is 0 Å². The molecule has 0 unspecified atom stereocenters. The van der Waals surface area contributed by atoms with Crippen molar-refractivity contribution in [3.63, 3.8) is 0 Å². The van der Waals surface area contributed by atoms with Crippen molar-refractivity contribution >= 4 is 33.0 Å². The first kappa shape index (κ1) is 21.4. The average molecular weight is 405 g/mol. The minimum Gasteiger partial charge on any atom is -0.324 e. The number of nitrogens with one attached hydrogen (secondary N) is 1. The summed E-state index contributed by atoms with van der Waals surface area (Å²) < 4.78 is 25.9. The lowest BCUT2D eigenvalue weighted by atomic mass is 10.1. The Morgan fingerprint density at radius 3 is 2.43 bits per heavy atom. The lowest BCUT2D eigenvalue weighted by Crippen LogP contribution is -2.47. The summed E-state index contributed by atoms with van der Waals surface area (Å²) >= 11 is 0. The lowest BCUT2D eigenvalue weighted by molar-refractivity contribution is -0.384. The van der Waals surface area contributed by atoms with E-state index in [1.165, 1.54) is 18.2 Å². The van der Waals surface area contributed by atoms with Gasteiger partial charge in [0.15, 0.2) is 0 Å². The maximum Gasteiger partial charge on any atom is 0.271 e. The molecule has 0 saturated carbocycles. The Bertz CT molecular complexity index is 1000. The largest absolute Gasteiger partial charge is 0.324 e. The molecule has 150 valence electrons. The summed E-state index contributed by atoms with van der Waals surface area (Å²) in [6.45, 7) is 5.46. The van der Waals surface area contributed by atoms with E-state index < -0.39 is 26.9 Å². The molecule has 28 heavy (non-hydrogen) atoms. The SMILES string of the molecule is CC[C@@H](C(=O)Nc1cccc(C)c1C)N(c1cccc([N+](=O)[O-])c1)S(C)(=O)=O. The minimum absolute atomic E-state index is 0.0691. The number of hydrogen-bond acceptors (Lipinski definition) is 5. The van der Waals surface area contributed by atoms with Gasteiger partial charge in [0, 0.05) is 17.8 Å². The Labute approximate surface area is 164 Å². The van der Waals surface area contributed by atoms with Crippen LogP contribution in [0, 0.1) is 24.0 Å². The first-order chi connectivity index (χ1) is 13.1. The Balaban J connectivity index is 2.46. The van der Waals surface area contributed by atoms with Gasteiger partial charge in [0.2, 0.25) is 15.9 Å². The smallest absolute Gasteiger partial charge is 0.271 e. The highest BCUT2D eigenvalue weighted by atomic mass is 32.2. The van der Waals surface area contributed by atoms with Gasteiger partial charge in [0.05, 0.1) is 16.9 Å². The zero-order valence-corrected chi connectivity index (χ0v) is 17.0. The summed E-state index contributed by atoms with van der Waals surface area (Å²) in [6, 6.07) is 9.63. The van der Waals surface area contributed by atoms with E-state index in [1.807, 2.05) is 19.9 Å². The van der Waals surface area contributed by atoms with Crippen molar-refractivity contribution in [2.75, 3.05) is 15.9 Å². The van der Waals surface area contributed by atoms with Crippen molar-refractivity contribution in [1.29, 1.82) is 0 Å². The van der Waals surface area contributed by atoms with Crippen LogP contribution in [0.1, 0.15) is 24.5 Å². The fourth-order valence-electron chi connectivity index (χ4n) is 2.91. The Hall–Kier alpha value is -2.94. The number of rotatable bonds is 7. The molecule has 0 spiro atoms. The van der Waals surface area contributed by atoms with Crippen molar-refractivity contribution in [1.82, 2.24) is 0 Å². The molecule has 1 atom stereocenters. The molecule has 0 radical (unpaired) electrons. The van der Waals surface area contributed by atoms with Crippen molar-refractivity contribution < 1.29 is 18.1 Å². The number of nitro groups is 1. The summed E-state index contributed by atoms with van der Waals surface area (Å²) in [6.07, 6.45) is 1.16. The number of nitrogens with zero attached hydrogens (tertiary/aromatic N) is 2. The van der Waals surface area contributed by atoms with Crippen molar-refractivity contribution in [2.45, 2.75) is 33.2 Å². The number of carbonyl (C=O) groups is 1. The van der Waals surface area contributed by atoms with E-state index in [2.05, 4.69) is 5.32 Å². The second-order valence-electron chi connectivity index (χ2n) is 6.50. The molecule has 2 aromatic rings. The van der Waals surface area contributed by atoms with Crippen LogP contribution in [0.3, 0.4) is 0 Å². The zero-order chi connectivity index (χ0) is 21.1. The van der Waals surface area contributed by atoms with Gasteiger partial charge in [0.25, 0.3) is 5.69 Å². The van der Waals surface area contributed by atoms with Crippen molar-refractivity contribution in [3.05, 3.63) is 63.7 Å². The molecule has 1 amide bonds. The fourth-order valence-corrected chi connectivity index (χ4v) is 4.11. The number of amides is 1. The summed E-state index contributed by atoms with van der Waals surface area (Å²) in [4.78, 5) is 23.4. The number of hydrogen-bond donors (Lipinski definition) is 1. The number of anilines is 2. The van der Waals surface area contributed by atoms with E-state index in [1.54, 1.807) is 19.1 Å². The number of nitro benzene ring substituents is 1. The van der Waals surface area contributed by atoms with Crippen LogP contribution in [0.4, 0.5) is 17.1 Å². The van der Waals surface area contributed by atoms with Gasteiger partial charge in [-0.25, -0.2) is 8.42 Å². The Morgan fingerprint density at radius 2 is 1.86 bits per heavy atom. The molecule has 0 aliphatic carbocycles. The number of carbonyl (C=O) groups excluding carboxylic acids is 1. The highest BCUT2D eigenvalue weighted by Crippen LogP contribution is 2.27. The first-order valence-electron chi connectivity index (χ1n) is 8.67. The van der Waals surface area contributed by atoms with E-state index in [0.717, 1.165) is 27.8 Å². The monoisotopic (exact) mass is 405 g/mol. The average Bonchev–Trinajstić information content (AvgIpc) is 2.62. The minimum atomic E-state index is -3.88. The molecule has 0 fully saturated rings. The number of aryl methyl sites for hydroxylation is 1. The summed E-state index contributed by atoms with van der Waals surface area (Å²) in [7, 11) is -3.88. The Morgan fingerprint density at radius 1 is 1.21 bits per heavy atom. The molecule has 2 aromatic carbocycles. The van der Waals surface area contributed by atoms with Crippen LogP contribution in [0.25, 0.3) is 0 Å². The van der Waals surface area contributed by atoms with Gasteiger partial charge in [-0.15, -0.1) is 0 Å². The van der Waals surface area contributed by atoms with Gasteiger partial charge in [-0.1, -0.05) is 25.1 Å². The van der Waals surface area contributed by atoms with Crippen LogP contribution in [-0.2, 0) is 14.8 Å². The fraction of sp³-hybridized carbons (Fsp3) is 0.316. The van der Waals surface area contributed by atoms with Crippen LogP contribution in [0.5, 0.6) is 0 Å². The van der Waals surface area contributed by atoms with E-state index in [9.17, 15) is 23.3 Å². The van der Waals surface area contributed by atoms with E-state index in [0.29, 0.717) is 5.69 Å². The summed E-state index contributed by atoms with van der Waals surface area (Å²) in [5.74, 6) is -0.506. The van der Waals surface area contributed by atoms with Gasteiger partial charge in [-0.3, -0.25) is 19.2 Å². The molecule has 0 aliphatic heterocycles. The zero-order valence-electron chi connectivity index (χ0n) is 16.2. The standard InChI is InChI=1S/C19H23N3O5S/c1-5-18(19(23)20-17-11-6-8-13(2)14(17)3)21(28(4,26)27)15-9-7-10-16(12-15)22(24)25/h6-12,18H,5H2,1-4H3,(H,20,23)/t18-/m0/s1. The third-order valence-electron chi connectivity index (χ3n) is 4.49. The number of benzene rings is 2. The van der Waals surface area contributed by atoms with Crippen LogP contribution < -0.4 is 9.62 Å². The molecular formula is C19H23N3O5S. The molecule has 0 bridgehead atoms. The maximum absolute atomic E-state index is 12.9. The molecule has 2 rings (SSSR count). The molecule has 0 aliphatic rings. The molecule has 9 heteroatoms. The first-order valence-corrected chi connectivity index (χ1v) is 10.5. The molecule has 1 N–H and O–H groups in total. The van der Waals surface area contributed by atoms with Crippen LogP contribution in [0.2, 0.25) is 0 Å². The second kappa shape index (κ2) is 8.39. The van der Waals surface area contributed by atoms with E-state index in [-0.39, 0.29) is 17.8 Å². The quantitative estimate of drug-likeness (QED) is 0.561. The van der Waals surface area contributed by atoms with Crippen molar-refractivity contribution in [3.8, 4) is 0 Å². The summed E-state index contributed by atoms with van der Waals surface area (Å²) in [5.41, 5.74) is 2.28. The summed E-state index contributed by atoms with van der Waals surface area (Å²) in [5, 5.41) is 13.9. The molecule has 8 nitrogen and oxygen atoms in total. The maximum atomic E-state index is 12.9. The topological polar surface area (TPSA) is 110 Å². The Kier molecular flexibility index (Phi) is 6.40. The molecule has 0 aromatic heterocycles. The normalized spacial score (nSPS) is 12.3. The van der Waals surface area contributed by atoms with Gasteiger partial charge in [-0.05, 0) is 43.5 Å². The third kappa shape index (κ3) is 4.66. The van der Waals surface area contributed by atoms with Crippen LogP contribution in [0.15, 0.2) is 42.5 Å². The van der Waals surface area contributed by atoms with Gasteiger partial charge in [0.1, 0.15) is 6.04 Å². The molecule has 0 saturated heterocycles. The third-order valence-corrected chi connectivity index (χ3v) is 5.67. The van der Waals surface area contributed by atoms with Gasteiger partial charge >= 0.3 is 0 Å². The highest BCUT2D eigenvalue weighted by molar-refractivity contribution is 7.92.